The molecule has 1 aromatic heterocycles. The van der Waals surface area contributed by atoms with Crippen molar-refractivity contribution >= 4 is 11.6 Å². The molecule has 1 amide bonds. The van der Waals surface area contributed by atoms with Crippen molar-refractivity contribution in [2.75, 3.05) is 13.1 Å². The van der Waals surface area contributed by atoms with Crippen molar-refractivity contribution in [1.29, 1.82) is 0 Å². The van der Waals surface area contributed by atoms with Crippen LogP contribution in [0, 0.1) is 0 Å². The first-order valence-corrected chi connectivity index (χ1v) is 7.83. The standard InChI is InChI=1S/C18H20N4O/c23-18(16-7-4-10-19-13-16)21-20-17-8-11-22(12-9-17)14-15-5-2-1-3-6-15/h1-7,10,13H,8-9,11-12,14H2,(H,21,23). The topological polar surface area (TPSA) is 57.6 Å². The van der Waals surface area contributed by atoms with Crippen LogP contribution in [0.25, 0.3) is 0 Å². The van der Waals surface area contributed by atoms with Crippen molar-refractivity contribution in [3.63, 3.8) is 0 Å². The number of likely N-dealkylation sites (tertiary alicyclic amines) is 1. The first-order chi connectivity index (χ1) is 11.3. The third-order valence-electron chi connectivity index (χ3n) is 3.92. The molecule has 0 spiro atoms. The second kappa shape index (κ2) is 7.65. The summed E-state index contributed by atoms with van der Waals surface area (Å²) in [5.41, 5.74) is 5.53. The fourth-order valence-electron chi connectivity index (χ4n) is 2.61. The second-order valence-corrected chi connectivity index (χ2v) is 5.62. The Labute approximate surface area is 136 Å². The lowest BCUT2D eigenvalue weighted by Gasteiger charge is -2.27. The molecule has 5 nitrogen and oxygen atoms in total. The molecule has 1 fully saturated rings. The summed E-state index contributed by atoms with van der Waals surface area (Å²) in [7, 11) is 0. The molecule has 1 saturated heterocycles. The average Bonchev–Trinajstić information content (AvgIpc) is 2.62. The van der Waals surface area contributed by atoms with Gasteiger partial charge >= 0.3 is 0 Å². The number of carbonyl (C=O) groups is 1. The quantitative estimate of drug-likeness (QED) is 0.883. The molecular formula is C18H20N4O. The molecule has 1 aliphatic heterocycles. The van der Waals surface area contributed by atoms with Gasteiger partial charge in [-0.25, -0.2) is 5.43 Å². The Bertz CT molecular complexity index is 660. The van der Waals surface area contributed by atoms with E-state index in [9.17, 15) is 4.79 Å². The Morgan fingerprint density at radius 1 is 1.13 bits per heavy atom. The van der Waals surface area contributed by atoms with Crippen molar-refractivity contribution in [3.8, 4) is 0 Å². The van der Waals surface area contributed by atoms with Crippen LogP contribution < -0.4 is 5.43 Å². The van der Waals surface area contributed by atoms with Gasteiger partial charge in [0.25, 0.3) is 5.91 Å². The number of hydrogen-bond acceptors (Lipinski definition) is 4. The van der Waals surface area contributed by atoms with E-state index in [1.807, 2.05) is 6.07 Å². The molecule has 118 valence electrons. The van der Waals surface area contributed by atoms with Gasteiger partial charge in [0.2, 0.25) is 0 Å². The highest BCUT2D eigenvalue weighted by molar-refractivity contribution is 5.95. The summed E-state index contributed by atoms with van der Waals surface area (Å²) in [6.07, 6.45) is 4.96. The zero-order valence-electron chi connectivity index (χ0n) is 13.0. The Morgan fingerprint density at radius 2 is 1.91 bits per heavy atom. The number of rotatable bonds is 4. The fourth-order valence-corrected chi connectivity index (χ4v) is 2.61. The van der Waals surface area contributed by atoms with Gasteiger partial charge in [-0.15, -0.1) is 0 Å². The number of nitrogens with zero attached hydrogens (tertiary/aromatic N) is 3. The van der Waals surface area contributed by atoms with Crippen LogP contribution in [-0.2, 0) is 6.54 Å². The molecule has 0 atom stereocenters. The molecule has 3 rings (SSSR count). The largest absolute Gasteiger partial charge is 0.298 e. The SMILES string of the molecule is O=C(NN=C1CCN(Cc2ccccc2)CC1)c1cccnc1. The molecular weight excluding hydrogens is 288 g/mol. The maximum atomic E-state index is 11.9. The van der Waals surface area contributed by atoms with Gasteiger partial charge < -0.3 is 0 Å². The third kappa shape index (κ3) is 4.47. The number of hydrazone groups is 1. The Morgan fingerprint density at radius 3 is 2.61 bits per heavy atom. The number of benzene rings is 1. The Kier molecular flexibility index (Phi) is 5.11. The van der Waals surface area contributed by atoms with Crippen LogP contribution in [0.2, 0.25) is 0 Å². The van der Waals surface area contributed by atoms with E-state index in [1.54, 1.807) is 18.3 Å². The van der Waals surface area contributed by atoms with Crippen LogP contribution >= 0.6 is 0 Å². The molecule has 1 aliphatic rings. The minimum absolute atomic E-state index is 0.211. The van der Waals surface area contributed by atoms with Gasteiger partial charge in [-0.05, 0) is 17.7 Å². The first kappa shape index (κ1) is 15.4. The molecule has 23 heavy (non-hydrogen) atoms. The van der Waals surface area contributed by atoms with Gasteiger partial charge in [-0.2, -0.15) is 5.10 Å². The van der Waals surface area contributed by atoms with Crippen molar-refractivity contribution in [2.24, 2.45) is 5.10 Å². The highest BCUT2D eigenvalue weighted by Crippen LogP contribution is 2.11. The Balaban J connectivity index is 1.48. The summed E-state index contributed by atoms with van der Waals surface area (Å²) in [5.74, 6) is -0.211. The number of hydrogen-bond donors (Lipinski definition) is 1. The molecule has 2 heterocycles. The van der Waals surface area contributed by atoms with E-state index in [4.69, 9.17) is 0 Å². The van der Waals surface area contributed by atoms with Gasteiger partial charge in [0.15, 0.2) is 0 Å². The molecule has 5 heteroatoms. The fraction of sp³-hybridized carbons (Fsp3) is 0.278. The highest BCUT2D eigenvalue weighted by Gasteiger charge is 2.15. The number of aromatic nitrogens is 1. The number of amides is 1. The van der Waals surface area contributed by atoms with Crippen molar-refractivity contribution in [3.05, 3.63) is 66.0 Å². The summed E-state index contributed by atoms with van der Waals surface area (Å²) in [6.45, 7) is 2.91. The number of pyridine rings is 1. The van der Waals surface area contributed by atoms with E-state index in [0.29, 0.717) is 5.56 Å². The summed E-state index contributed by atoms with van der Waals surface area (Å²) >= 11 is 0. The summed E-state index contributed by atoms with van der Waals surface area (Å²) in [4.78, 5) is 18.3. The zero-order valence-corrected chi connectivity index (χ0v) is 13.0. The molecule has 2 aromatic rings. The van der Waals surface area contributed by atoms with Crippen LogP contribution in [0.5, 0.6) is 0 Å². The van der Waals surface area contributed by atoms with Gasteiger partial charge in [-0.3, -0.25) is 14.7 Å². The lowest BCUT2D eigenvalue weighted by Crippen LogP contribution is -2.34. The predicted molar refractivity (Wildman–Crippen MR) is 90.1 cm³/mol. The minimum atomic E-state index is -0.211. The highest BCUT2D eigenvalue weighted by atomic mass is 16.2. The van der Waals surface area contributed by atoms with Crippen LogP contribution in [0.15, 0.2) is 60.0 Å². The summed E-state index contributed by atoms with van der Waals surface area (Å²) in [6, 6.07) is 13.9. The van der Waals surface area contributed by atoms with E-state index in [0.717, 1.165) is 38.2 Å². The van der Waals surface area contributed by atoms with Crippen LogP contribution in [-0.4, -0.2) is 34.6 Å². The van der Waals surface area contributed by atoms with Gasteiger partial charge in [0, 0.05) is 50.6 Å². The second-order valence-electron chi connectivity index (χ2n) is 5.62. The van der Waals surface area contributed by atoms with Crippen molar-refractivity contribution in [2.45, 2.75) is 19.4 Å². The van der Waals surface area contributed by atoms with Crippen LogP contribution in [0.1, 0.15) is 28.8 Å². The van der Waals surface area contributed by atoms with E-state index < -0.39 is 0 Å². The lowest BCUT2D eigenvalue weighted by molar-refractivity contribution is 0.0954. The normalized spacial score (nSPS) is 15.2. The third-order valence-corrected chi connectivity index (χ3v) is 3.92. The van der Waals surface area contributed by atoms with E-state index >= 15 is 0 Å². The van der Waals surface area contributed by atoms with Crippen molar-refractivity contribution in [1.82, 2.24) is 15.3 Å². The van der Waals surface area contributed by atoms with Crippen molar-refractivity contribution < 1.29 is 4.79 Å². The van der Waals surface area contributed by atoms with E-state index in [2.05, 4.69) is 44.7 Å². The maximum Gasteiger partial charge on any atom is 0.272 e. The number of nitrogens with one attached hydrogen (secondary N) is 1. The number of carbonyl (C=O) groups excluding carboxylic acids is 1. The van der Waals surface area contributed by atoms with Gasteiger partial charge in [-0.1, -0.05) is 30.3 Å². The van der Waals surface area contributed by atoms with E-state index in [1.165, 1.54) is 11.8 Å². The number of piperidine rings is 1. The first-order valence-electron chi connectivity index (χ1n) is 7.83. The minimum Gasteiger partial charge on any atom is -0.298 e. The molecule has 1 aromatic carbocycles. The molecule has 0 unspecified atom stereocenters. The maximum absolute atomic E-state index is 11.9. The molecule has 0 aliphatic carbocycles. The van der Waals surface area contributed by atoms with Gasteiger partial charge in [0.1, 0.15) is 0 Å². The van der Waals surface area contributed by atoms with E-state index in [-0.39, 0.29) is 5.91 Å². The monoisotopic (exact) mass is 308 g/mol. The average molecular weight is 308 g/mol. The summed E-state index contributed by atoms with van der Waals surface area (Å²) in [5, 5.41) is 4.26. The van der Waals surface area contributed by atoms with Crippen LogP contribution in [0.4, 0.5) is 0 Å². The smallest absolute Gasteiger partial charge is 0.272 e. The molecule has 0 radical (unpaired) electrons. The summed E-state index contributed by atoms with van der Waals surface area (Å²) < 4.78 is 0. The van der Waals surface area contributed by atoms with Crippen LogP contribution in [0.3, 0.4) is 0 Å². The zero-order chi connectivity index (χ0) is 15.9. The molecule has 1 N–H and O–H groups in total. The Hall–Kier alpha value is -2.53. The lowest BCUT2D eigenvalue weighted by atomic mass is 10.1. The predicted octanol–water partition coefficient (Wildman–Crippen LogP) is 2.46. The van der Waals surface area contributed by atoms with Gasteiger partial charge in [0.05, 0.1) is 5.56 Å². The molecule has 0 bridgehead atoms. The molecule has 0 saturated carbocycles.